The number of hydrogen-bond acceptors (Lipinski definition) is 3. The van der Waals surface area contributed by atoms with Crippen LogP contribution in [0.15, 0.2) is 10.6 Å². The lowest BCUT2D eigenvalue weighted by Gasteiger charge is -2.39. The summed E-state index contributed by atoms with van der Waals surface area (Å²) in [6.07, 6.45) is -4.06. The first-order valence-corrected chi connectivity index (χ1v) is 4.66. The Morgan fingerprint density at radius 2 is 2.20 bits per heavy atom. The van der Waals surface area contributed by atoms with Gasteiger partial charge in [-0.2, -0.15) is 13.2 Å². The van der Waals surface area contributed by atoms with Crippen LogP contribution in [0, 0.1) is 12.8 Å². The number of halogens is 3. The summed E-state index contributed by atoms with van der Waals surface area (Å²) < 4.78 is 41.3. The summed E-state index contributed by atoms with van der Waals surface area (Å²) >= 11 is 0. The van der Waals surface area contributed by atoms with E-state index in [1.165, 1.54) is 0 Å². The Balaban J connectivity index is 1.81. The third-order valence-electron chi connectivity index (χ3n) is 2.48. The minimum Gasteiger partial charge on any atom is -0.361 e. The SMILES string of the molecule is Cc1cc(CN2CC(C(F)(F)F)C2)no1. The Morgan fingerprint density at radius 1 is 1.53 bits per heavy atom. The smallest absolute Gasteiger partial charge is 0.361 e. The van der Waals surface area contributed by atoms with Crippen molar-refractivity contribution >= 4 is 0 Å². The minimum atomic E-state index is -4.06. The van der Waals surface area contributed by atoms with E-state index in [1.807, 2.05) is 0 Å². The van der Waals surface area contributed by atoms with Crippen molar-refractivity contribution < 1.29 is 17.7 Å². The van der Waals surface area contributed by atoms with Crippen LogP contribution in [0.5, 0.6) is 0 Å². The molecule has 0 unspecified atom stereocenters. The topological polar surface area (TPSA) is 29.3 Å². The van der Waals surface area contributed by atoms with E-state index in [1.54, 1.807) is 17.9 Å². The molecule has 0 aliphatic carbocycles. The molecular weight excluding hydrogens is 209 g/mol. The first kappa shape index (κ1) is 10.5. The molecule has 0 radical (unpaired) electrons. The molecule has 1 fully saturated rings. The van der Waals surface area contributed by atoms with Gasteiger partial charge in [-0.05, 0) is 6.92 Å². The van der Waals surface area contributed by atoms with E-state index in [0.717, 1.165) is 0 Å². The summed E-state index contributed by atoms with van der Waals surface area (Å²) in [5, 5.41) is 3.73. The van der Waals surface area contributed by atoms with Gasteiger partial charge in [-0.1, -0.05) is 5.16 Å². The molecule has 0 N–H and O–H groups in total. The highest BCUT2D eigenvalue weighted by molar-refractivity contribution is 5.04. The summed E-state index contributed by atoms with van der Waals surface area (Å²) in [7, 11) is 0. The molecule has 1 saturated heterocycles. The molecule has 0 spiro atoms. The van der Waals surface area contributed by atoms with Crippen molar-refractivity contribution in [3.05, 3.63) is 17.5 Å². The highest BCUT2D eigenvalue weighted by Crippen LogP contribution is 2.33. The van der Waals surface area contributed by atoms with Crippen LogP contribution in [0.2, 0.25) is 0 Å². The first-order valence-electron chi connectivity index (χ1n) is 4.66. The Labute approximate surface area is 84.8 Å². The molecule has 1 aromatic heterocycles. The number of aryl methyl sites for hydroxylation is 1. The second-order valence-electron chi connectivity index (χ2n) is 3.86. The fourth-order valence-electron chi connectivity index (χ4n) is 1.63. The van der Waals surface area contributed by atoms with Gasteiger partial charge >= 0.3 is 6.18 Å². The van der Waals surface area contributed by atoms with Crippen molar-refractivity contribution in [1.29, 1.82) is 0 Å². The zero-order valence-electron chi connectivity index (χ0n) is 8.21. The van der Waals surface area contributed by atoms with Gasteiger partial charge in [0.2, 0.25) is 0 Å². The highest BCUT2D eigenvalue weighted by atomic mass is 19.4. The van der Waals surface area contributed by atoms with E-state index in [9.17, 15) is 13.2 Å². The molecule has 6 heteroatoms. The van der Waals surface area contributed by atoms with Crippen molar-refractivity contribution in [3.63, 3.8) is 0 Å². The Hall–Kier alpha value is -1.04. The lowest BCUT2D eigenvalue weighted by atomic mass is 9.99. The lowest BCUT2D eigenvalue weighted by molar-refractivity contribution is -0.210. The molecule has 1 aromatic rings. The molecule has 2 rings (SSSR count). The van der Waals surface area contributed by atoms with Crippen LogP contribution in [-0.4, -0.2) is 29.3 Å². The maximum atomic E-state index is 12.2. The van der Waals surface area contributed by atoms with E-state index < -0.39 is 12.1 Å². The molecule has 1 aliphatic rings. The number of alkyl halides is 3. The zero-order valence-corrected chi connectivity index (χ0v) is 8.21. The summed E-state index contributed by atoms with van der Waals surface area (Å²) in [6, 6.07) is 1.74. The number of rotatable bonds is 2. The van der Waals surface area contributed by atoms with Gasteiger partial charge in [-0.3, -0.25) is 4.90 Å². The first-order chi connectivity index (χ1) is 6.95. The summed E-state index contributed by atoms with van der Waals surface area (Å²) in [4.78, 5) is 1.70. The van der Waals surface area contributed by atoms with Crippen LogP contribution in [0.1, 0.15) is 11.5 Å². The van der Waals surface area contributed by atoms with Crippen molar-refractivity contribution in [2.24, 2.45) is 5.92 Å². The van der Waals surface area contributed by atoms with Crippen LogP contribution in [0.4, 0.5) is 13.2 Å². The maximum Gasteiger partial charge on any atom is 0.394 e. The van der Waals surface area contributed by atoms with Crippen LogP contribution in [0.25, 0.3) is 0 Å². The van der Waals surface area contributed by atoms with Crippen LogP contribution in [-0.2, 0) is 6.54 Å². The molecule has 1 aliphatic heterocycles. The molecule has 0 amide bonds. The predicted molar refractivity (Wildman–Crippen MR) is 46.1 cm³/mol. The zero-order chi connectivity index (χ0) is 11.1. The Kier molecular flexibility index (Phi) is 2.46. The fourth-order valence-corrected chi connectivity index (χ4v) is 1.63. The van der Waals surface area contributed by atoms with Gasteiger partial charge in [-0.15, -0.1) is 0 Å². The van der Waals surface area contributed by atoms with Crippen LogP contribution < -0.4 is 0 Å². The van der Waals surface area contributed by atoms with Gasteiger partial charge in [0.05, 0.1) is 11.6 Å². The largest absolute Gasteiger partial charge is 0.394 e. The van der Waals surface area contributed by atoms with Crippen molar-refractivity contribution in [2.75, 3.05) is 13.1 Å². The van der Waals surface area contributed by atoms with Gasteiger partial charge in [0.15, 0.2) is 0 Å². The van der Waals surface area contributed by atoms with Crippen LogP contribution >= 0.6 is 0 Å². The average molecular weight is 220 g/mol. The molecule has 3 nitrogen and oxygen atoms in total. The molecule has 15 heavy (non-hydrogen) atoms. The lowest BCUT2D eigenvalue weighted by Crippen LogP contribution is -2.52. The summed E-state index contributed by atoms with van der Waals surface area (Å²) in [5.41, 5.74) is 0.688. The number of nitrogens with zero attached hydrogens (tertiary/aromatic N) is 2. The van der Waals surface area contributed by atoms with Gasteiger partial charge < -0.3 is 4.52 Å². The monoisotopic (exact) mass is 220 g/mol. The predicted octanol–water partition coefficient (Wildman–Crippen LogP) is 1.98. The molecular formula is C9H11F3N2O. The highest BCUT2D eigenvalue weighted by Gasteiger charge is 2.46. The second kappa shape index (κ2) is 3.52. The standard InChI is InChI=1S/C9H11F3N2O/c1-6-2-8(13-15-6)5-14-3-7(4-14)9(10,11)12/h2,7H,3-5H2,1H3. The van der Waals surface area contributed by atoms with Crippen molar-refractivity contribution in [1.82, 2.24) is 10.1 Å². The molecule has 2 heterocycles. The van der Waals surface area contributed by atoms with E-state index in [2.05, 4.69) is 5.16 Å². The Bertz CT molecular complexity index is 341. The molecule has 0 bridgehead atoms. The third-order valence-corrected chi connectivity index (χ3v) is 2.48. The molecule has 0 atom stereocenters. The van der Waals surface area contributed by atoms with E-state index in [0.29, 0.717) is 18.0 Å². The normalized spacial score (nSPS) is 19.2. The summed E-state index contributed by atoms with van der Waals surface area (Å²) in [5.74, 6) is -0.497. The molecule has 0 saturated carbocycles. The van der Waals surface area contributed by atoms with E-state index in [-0.39, 0.29) is 13.1 Å². The number of hydrogen-bond donors (Lipinski definition) is 0. The minimum absolute atomic E-state index is 0.0649. The average Bonchev–Trinajstić information content (AvgIpc) is 2.40. The fraction of sp³-hybridized carbons (Fsp3) is 0.667. The number of likely N-dealkylation sites (tertiary alicyclic amines) is 1. The number of aromatic nitrogens is 1. The van der Waals surface area contributed by atoms with Crippen LogP contribution in [0.3, 0.4) is 0 Å². The van der Waals surface area contributed by atoms with Gasteiger partial charge in [0, 0.05) is 25.7 Å². The maximum absolute atomic E-state index is 12.2. The quantitative estimate of drug-likeness (QED) is 0.763. The van der Waals surface area contributed by atoms with Crippen molar-refractivity contribution in [2.45, 2.75) is 19.6 Å². The third kappa shape index (κ3) is 2.31. The van der Waals surface area contributed by atoms with Gasteiger partial charge in [0.25, 0.3) is 0 Å². The van der Waals surface area contributed by atoms with E-state index in [4.69, 9.17) is 4.52 Å². The second-order valence-corrected chi connectivity index (χ2v) is 3.86. The summed E-state index contributed by atoms with van der Waals surface area (Å²) in [6.45, 7) is 2.32. The van der Waals surface area contributed by atoms with Gasteiger partial charge in [-0.25, -0.2) is 0 Å². The van der Waals surface area contributed by atoms with E-state index >= 15 is 0 Å². The molecule has 84 valence electrons. The molecule has 0 aromatic carbocycles. The van der Waals surface area contributed by atoms with Crippen molar-refractivity contribution in [3.8, 4) is 0 Å². The van der Waals surface area contributed by atoms with Gasteiger partial charge in [0.1, 0.15) is 5.76 Å². The Morgan fingerprint density at radius 3 is 2.67 bits per heavy atom.